The van der Waals surface area contributed by atoms with Crippen molar-refractivity contribution < 1.29 is 27.4 Å². The molecule has 0 amide bonds. The summed E-state index contributed by atoms with van der Waals surface area (Å²) in [6.45, 7) is 3.27. The second kappa shape index (κ2) is 8.60. The smallest absolute Gasteiger partial charge is 0.426 e. The maximum Gasteiger partial charge on any atom is 0.426 e. The van der Waals surface area contributed by atoms with Crippen molar-refractivity contribution in [3.8, 4) is 17.7 Å². The number of carbonyl (C=O) groups is 1. The van der Waals surface area contributed by atoms with Crippen LogP contribution < -0.4 is 4.74 Å². The minimum absolute atomic E-state index is 0.142. The van der Waals surface area contributed by atoms with Gasteiger partial charge in [0, 0.05) is 6.07 Å². The highest BCUT2D eigenvalue weighted by molar-refractivity contribution is 6.30. The highest BCUT2D eigenvalue weighted by Gasteiger charge is 2.62. The van der Waals surface area contributed by atoms with Crippen LogP contribution in [0.5, 0.6) is 11.6 Å². The van der Waals surface area contributed by atoms with Gasteiger partial charge in [-0.3, -0.25) is 4.79 Å². The lowest BCUT2D eigenvalue weighted by atomic mass is 10.1. The molecule has 5 nitrogen and oxygen atoms in total. The van der Waals surface area contributed by atoms with Crippen LogP contribution in [0, 0.1) is 28.6 Å². The van der Waals surface area contributed by atoms with E-state index in [1.54, 1.807) is 50.2 Å². The van der Waals surface area contributed by atoms with Crippen molar-refractivity contribution in [2.75, 3.05) is 0 Å². The van der Waals surface area contributed by atoms with Crippen LogP contribution in [0.4, 0.5) is 13.2 Å². The molecule has 3 atom stereocenters. The van der Waals surface area contributed by atoms with Gasteiger partial charge >= 0.3 is 12.1 Å². The molecule has 1 fully saturated rings. The first-order chi connectivity index (χ1) is 14.5. The van der Waals surface area contributed by atoms with Crippen molar-refractivity contribution in [2.24, 2.45) is 17.3 Å². The van der Waals surface area contributed by atoms with Gasteiger partial charge in [0.05, 0.1) is 11.6 Å². The van der Waals surface area contributed by atoms with Crippen molar-refractivity contribution in [2.45, 2.75) is 26.1 Å². The Morgan fingerprint density at radius 1 is 1.23 bits per heavy atom. The quantitative estimate of drug-likeness (QED) is 0.509. The van der Waals surface area contributed by atoms with Crippen molar-refractivity contribution >= 4 is 17.6 Å². The molecule has 1 heterocycles. The Hall–Kier alpha value is -3.05. The second-order valence-electron chi connectivity index (χ2n) is 7.60. The Balaban J connectivity index is 1.72. The number of hydrogen-bond acceptors (Lipinski definition) is 5. The lowest BCUT2D eigenvalue weighted by molar-refractivity contribution is -0.149. The van der Waals surface area contributed by atoms with E-state index >= 15 is 0 Å². The zero-order valence-corrected chi connectivity index (χ0v) is 17.3. The number of halogens is 4. The highest BCUT2D eigenvalue weighted by atomic mass is 35.5. The number of allylic oxidation sites excluding steroid dienone is 2. The van der Waals surface area contributed by atoms with E-state index in [1.165, 1.54) is 6.07 Å². The standard InChI is InChI=1S/C22H18ClF3N2O3/c1-21(2)14(11-17(23)22(24,25)26)19(21)20(29)31-16(12-27)15-9-6-10-18(28-15)30-13-7-4-3-5-8-13/h3-11,14,16,19H,1-2H3/b17-11-/t14-,16+,19-/m1/s1. The first-order valence-corrected chi connectivity index (χ1v) is 9.66. The molecule has 9 heteroatoms. The molecule has 0 aliphatic heterocycles. The van der Waals surface area contributed by atoms with Crippen LogP contribution in [-0.4, -0.2) is 17.1 Å². The third-order valence-electron chi connectivity index (χ3n) is 5.09. The summed E-state index contributed by atoms with van der Waals surface area (Å²) in [7, 11) is 0. The van der Waals surface area contributed by atoms with Gasteiger partial charge in [-0.2, -0.15) is 18.4 Å². The molecule has 0 saturated heterocycles. The summed E-state index contributed by atoms with van der Waals surface area (Å²) < 4.78 is 49.0. The van der Waals surface area contributed by atoms with Crippen LogP contribution in [0.2, 0.25) is 0 Å². The Labute approximate surface area is 182 Å². The molecular weight excluding hydrogens is 433 g/mol. The predicted octanol–water partition coefficient (Wildman–Crippen LogP) is 5.94. The Bertz CT molecular complexity index is 1030. The number of esters is 1. The zero-order valence-electron chi connectivity index (χ0n) is 16.6. The maximum absolute atomic E-state index is 12.7. The topological polar surface area (TPSA) is 72.2 Å². The number of carbonyl (C=O) groups excluding carboxylic acids is 1. The summed E-state index contributed by atoms with van der Waals surface area (Å²) in [5.74, 6) is -1.67. The molecule has 0 spiro atoms. The average molecular weight is 451 g/mol. The molecular formula is C22H18ClF3N2O3. The van der Waals surface area contributed by atoms with E-state index in [4.69, 9.17) is 21.1 Å². The molecule has 1 aliphatic rings. The van der Waals surface area contributed by atoms with E-state index in [0.29, 0.717) is 5.75 Å². The second-order valence-corrected chi connectivity index (χ2v) is 8.01. The first kappa shape index (κ1) is 22.6. The maximum atomic E-state index is 12.7. The summed E-state index contributed by atoms with van der Waals surface area (Å²) in [5, 5.41) is 8.18. The van der Waals surface area contributed by atoms with Crippen LogP contribution in [0.1, 0.15) is 25.6 Å². The first-order valence-electron chi connectivity index (χ1n) is 9.28. The van der Waals surface area contributed by atoms with Crippen LogP contribution in [-0.2, 0) is 9.53 Å². The van der Waals surface area contributed by atoms with E-state index in [2.05, 4.69) is 4.98 Å². The number of alkyl halides is 3. The van der Waals surface area contributed by atoms with Crippen molar-refractivity contribution in [3.05, 3.63) is 65.3 Å². The van der Waals surface area contributed by atoms with E-state index < -0.39 is 40.5 Å². The lowest BCUT2D eigenvalue weighted by Crippen LogP contribution is -2.15. The van der Waals surface area contributed by atoms with Crippen LogP contribution >= 0.6 is 11.6 Å². The molecule has 0 bridgehead atoms. The Kier molecular flexibility index (Phi) is 6.27. The van der Waals surface area contributed by atoms with Crippen molar-refractivity contribution in [1.82, 2.24) is 4.98 Å². The van der Waals surface area contributed by atoms with Crippen LogP contribution in [0.15, 0.2) is 59.6 Å². The molecule has 1 aromatic carbocycles. The molecule has 1 saturated carbocycles. The molecule has 0 N–H and O–H groups in total. The predicted molar refractivity (Wildman–Crippen MR) is 106 cm³/mol. The number of ether oxygens (including phenoxy) is 2. The van der Waals surface area contributed by atoms with Gasteiger partial charge < -0.3 is 9.47 Å². The third-order valence-corrected chi connectivity index (χ3v) is 5.43. The zero-order chi connectivity index (χ0) is 22.8. The largest absolute Gasteiger partial charge is 0.440 e. The number of nitrogens with zero attached hydrogens (tertiary/aromatic N) is 2. The average Bonchev–Trinajstić information content (AvgIpc) is 3.26. The van der Waals surface area contributed by atoms with Gasteiger partial charge in [-0.25, -0.2) is 4.98 Å². The van der Waals surface area contributed by atoms with Crippen LogP contribution in [0.25, 0.3) is 0 Å². The fourth-order valence-electron chi connectivity index (χ4n) is 3.28. The third kappa shape index (κ3) is 5.17. The molecule has 2 aromatic rings. The monoisotopic (exact) mass is 450 g/mol. The fraction of sp³-hybridized carbons (Fsp3) is 0.318. The van der Waals surface area contributed by atoms with Gasteiger partial charge in [0.1, 0.15) is 16.9 Å². The minimum atomic E-state index is -4.69. The van der Waals surface area contributed by atoms with Gasteiger partial charge in [-0.15, -0.1) is 0 Å². The molecule has 1 aliphatic carbocycles. The highest BCUT2D eigenvalue weighted by Crippen LogP contribution is 2.60. The van der Waals surface area contributed by atoms with E-state index in [1.807, 2.05) is 12.1 Å². The molecule has 31 heavy (non-hydrogen) atoms. The SMILES string of the molecule is CC1(C)[C@H](/C=C(\Cl)C(F)(F)F)[C@@H]1C(=O)O[C@@H](C#N)c1cccc(Oc2ccccc2)n1. The van der Waals surface area contributed by atoms with E-state index in [9.17, 15) is 23.2 Å². The van der Waals surface area contributed by atoms with E-state index in [0.717, 1.165) is 6.08 Å². The molecule has 1 aromatic heterocycles. The minimum Gasteiger partial charge on any atom is -0.440 e. The number of aromatic nitrogens is 1. The number of rotatable bonds is 6. The summed E-state index contributed by atoms with van der Waals surface area (Å²) >= 11 is 5.31. The van der Waals surface area contributed by atoms with Gasteiger partial charge in [0.15, 0.2) is 0 Å². The molecule has 3 rings (SSSR count). The Morgan fingerprint density at radius 3 is 2.52 bits per heavy atom. The summed E-state index contributed by atoms with van der Waals surface area (Å²) in [6.07, 6.45) is -5.21. The summed E-state index contributed by atoms with van der Waals surface area (Å²) in [4.78, 5) is 16.8. The number of hydrogen-bond donors (Lipinski definition) is 0. The molecule has 162 valence electrons. The van der Waals surface area contributed by atoms with Crippen molar-refractivity contribution in [1.29, 1.82) is 5.26 Å². The van der Waals surface area contributed by atoms with Gasteiger partial charge in [0.2, 0.25) is 12.0 Å². The Morgan fingerprint density at radius 2 is 1.90 bits per heavy atom. The molecule has 0 unspecified atom stereocenters. The molecule has 0 radical (unpaired) electrons. The van der Waals surface area contributed by atoms with Crippen LogP contribution in [0.3, 0.4) is 0 Å². The van der Waals surface area contributed by atoms with Gasteiger partial charge in [-0.05, 0) is 29.5 Å². The summed E-state index contributed by atoms with van der Waals surface area (Å²) in [6, 6.07) is 15.4. The number of para-hydroxylation sites is 1. The number of benzene rings is 1. The fourth-order valence-corrected chi connectivity index (χ4v) is 3.41. The lowest BCUT2D eigenvalue weighted by Gasteiger charge is -2.12. The number of nitriles is 1. The van der Waals surface area contributed by atoms with Crippen molar-refractivity contribution in [3.63, 3.8) is 0 Å². The van der Waals surface area contributed by atoms with Gasteiger partial charge in [-0.1, -0.05) is 55.8 Å². The number of pyridine rings is 1. The van der Waals surface area contributed by atoms with E-state index in [-0.39, 0.29) is 11.6 Å². The normalized spacial score (nSPS) is 21.0. The van der Waals surface area contributed by atoms with Gasteiger partial charge in [0.25, 0.3) is 0 Å². The summed E-state index contributed by atoms with van der Waals surface area (Å²) in [5.41, 5.74) is -0.642.